The van der Waals surface area contributed by atoms with Crippen LogP contribution in [-0.2, 0) is 4.79 Å². The summed E-state index contributed by atoms with van der Waals surface area (Å²) >= 11 is 11.9. The standard InChI is InChI=1S/C24H29ClN4O2S/c1-16(2)15-21(30)27-24(32)26-20-6-4-5-19(25)22(20)28-11-13-29(14-12-28)23(31)18-9-7-17(3)8-10-18/h4-10,16H,11-15H2,1-3H3,(H2,26,27,30,32). The number of carbonyl (C=O) groups excluding carboxylic acids is 2. The molecule has 3 rings (SSSR count). The number of hydrogen-bond acceptors (Lipinski definition) is 4. The van der Waals surface area contributed by atoms with Gasteiger partial charge in [0.15, 0.2) is 5.11 Å². The number of piperazine rings is 1. The maximum atomic E-state index is 12.8. The molecule has 32 heavy (non-hydrogen) atoms. The molecule has 1 saturated heterocycles. The summed E-state index contributed by atoms with van der Waals surface area (Å²) in [4.78, 5) is 28.9. The first-order valence-corrected chi connectivity index (χ1v) is 11.5. The first kappa shape index (κ1) is 24.0. The van der Waals surface area contributed by atoms with Crippen LogP contribution >= 0.6 is 23.8 Å². The lowest BCUT2D eigenvalue weighted by molar-refractivity contribution is -0.120. The summed E-state index contributed by atoms with van der Waals surface area (Å²) in [7, 11) is 0. The van der Waals surface area contributed by atoms with Crippen LogP contribution in [0.15, 0.2) is 42.5 Å². The molecule has 1 heterocycles. The molecule has 0 bridgehead atoms. The van der Waals surface area contributed by atoms with Gasteiger partial charge in [-0.3, -0.25) is 9.59 Å². The number of hydrogen-bond donors (Lipinski definition) is 2. The van der Waals surface area contributed by atoms with E-state index >= 15 is 0 Å². The van der Waals surface area contributed by atoms with Crippen LogP contribution in [0.1, 0.15) is 36.2 Å². The van der Waals surface area contributed by atoms with Crippen LogP contribution in [0, 0.1) is 12.8 Å². The van der Waals surface area contributed by atoms with Crippen molar-refractivity contribution >= 4 is 52.1 Å². The zero-order valence-electron chi connectivity index (χ0n) is 18.7. The molecule has 2 aromatic rings. The van der Waals surface area contributed by atoms with Crippen molar-refractivity contribution in [2.45, 2.75) is 27.2 Å². The average molecular weight is 473 g/mol. The van der Waals surface area contributed by atoms with Gasteiger partial charge in [-0.05, 0) is 49.3 Å². The Kier molecular flexibility index (Phi) is 8.10. The summed E-state index contributed by atoms with van der Waals surface area (Å²) in [6.45, 7) is 8.43. The first-order valence-electron chi connectivity index (χ1n) is 10.7. The van der Waals surface area contributed by atoms with Crippen molar-refractivity contribution in [1.29, 1.82) is 0 Å². The third-order valence-electron chi connectivity index (χ3n) is 5.26. The van der Waals surface area contributed by atoms with Crippen molar-refractivity contribution < 1.29 is 9.59 Å². The second-order valence-electron chi connectivity index (χ2n) is 8.38. The summed E-state index contributed by atoms with van der Waals surface area (Å²) in [6.07, 6.45) is 0.404. The van der Waals surface area contributed by atoms with E-state index < -0.39 is 0 Å². The highest BCUT2D eigenvalue weighted by atomic mass is 35.5. The number of benzene rings is 2. The number of carbonyl (C=O) groups is 2. The molecular formula is C24H29ClN4O2S. The zero-order valence-corrected chi connectivity index (χ0v) is 20.2. The Morgan fingerprint density at radius 2 is 1.72 bits per heavy atom. The quantitative estimate of drug-likeness (QED) is 0.628. The summed E-state index contributed by atoms with van der Waals surface area (Å²) < 4.78 is 0. The van der Waals surface area contributed by atoms with E-state index in [-0.39, 0.29) is 22.8 Å². The van der Waals surface area contributed by atoms with Crippen LogP contribution in [0.2, 0.25) is 5.02 Å². The molecule has 2 amide bonds. The second kappa shape index (κ2) is 10.8. The number of aryl methyl sites for hydroxylation is 1. The molecule has 0 radical (unpaired) electrons. The topological polar surface area (TPSA) is 64.7 Å². The molecule has 1 aliphatic rings. The largest absolute Gasteiger partial charge is 0.365 e. The third-order valence-corrected chi connectivity index (χ3v) is 5.77. The van der Waals surface area contributed by atoms with Gasteiger partial charge in [-0.25, -0.2) is 0 Å². The van der Waals surface area contributed by atoms with Crippen LogP contribution in [0.4, 0.5) is 11.4 Å². The Morgan fingerprint density at radius 3 is 2.34 bits per heavy atom. The zero-order chi connectivity index (χ0) is 23.3. The highest BCUT2D eigenvalue weighted by molar-refractivity contribution is 7.80. The smallest absolute Gasteiger partial charge is 0.253 e. The molecule has 0 aliphatic carbocycles. The van der Waals surface area contributed by atoms with E-state index in [1.807, 2.05) is 68.1 Å². The van der Waals surface area contributed by atoms with Crippen LogP contribution in [-0.4, -0.2) is 48.0 Å². The van der Waals surface area contributed by atoms with E-state index in [0.717, 1.165) is 16.9 Å². The van der Waals surface area contributed by atoms with Crippen LogP contribution in [0.25, 0.3) is 0 Å². The van der Waals surface area contributed by atoms with E-state index in [1.165, 1.54) is 0 Å². The molecule has 0 spiro atoms. The number of anilines is 2. The third kappa shape index (κ3) is 6.20. The number of nitrogens with zero attached hydrogens (tertiary/aromatic N) is 2. The summed E-state index contributed by atoms with van der Waals surface area (Å²) in [5.41, 5.74) is 3.37. The maximum Gasteiger partial charge on any atom is 0.253 e. The molecule has 1 fully saturated rings. The summed E-state index contributed by atoms with van der Waals surface area (Å²) in [5.74, 6) is 0.166. The number of para-hydroxylation sites is 1. The second-order valence-corrected chi connectivity index (χ2v) is 9.20. The fraction of sp³-hybridized carbons (Fsp3) is 0.375. The average Bonchev–Trinajstić information content (AvgIpc) is 2.73. The van der Waals surface area contributed by atoms with Gasteiger partial charge in [0, 0.05) is 38.2 Å². The lowest BCUT2D eigenvalue weighted by Gasteiger charge is -2.37. The van der Waals surface area contributed by atoms with Crippen LogP contribution < -0.4 is 15.5 Å². The van der Waals surface area contributed by atoms with Gasteiger partial charge in [0.25, 0.3) is 5.91 Å². The Hall–Kier alpha value is -2.64. The van der Waals surface area contributed by atoms with E-state index in [4.69, 9.17) is 23.8 Å². The van der Waals surface area contributed by atoms with Crippen molar-refractivity contribution in [1.82, 2.24) is 10.2 Å². The molecule has 170 valence electrons. The first-order chi connectivity index (χ1) is 15.2. The molecule has 0 aromatic heterocycles. The lowest BCUT2D eigenvalue weighted by atomic mass is 10.1. The van der Waals surface area contributed by atoms with E-state index in [2.05, 4.69) is 15.5 Å². The van der Waals surface area contributed by atoms with Gasteiger partial charge in [0.05, 0.1) is 16.4 Å². The Balaban J connectivity index is 1.66. The Labute approximate surface area is 199 Å². The van der Waals surface area contributed by atoms with Gasteiger partial charge >= 0.3 is 0 Å². The predicted octanol–water partition coefficient (Wildman–Crippen LogP) is 4.47. The SMILES string of the molecule is Cc1ccc(C(=O)N2CCN(c3c(Cl)cccc3NC(=S)NC(=O)CC(C)C)CC2)cc1. The van der Waals surface area contributed by atoms with E-state index in [1.54, 1.807) is 0 Å². The highest BCUT2D eigenvalue weighted by Crippen LogP contribution is 2.34. The lowest BCUT2D eigenvalue weighted by Crippen LogP contribution is -2.49. The molecule has 2 aromatic carbocycles. The van der Waals surface area contributed by atoms with E-state index in [0.29, 0.717) is 43.2 Å². The number of nitrogens with one attached hydrogen (secondary N) is 2. The van der Waals surface area contributed by atoms with Gasteiger partial charge in [-0.2, -0.15) is 0 Å². The van der Waals surface area contributed by atoms with Gasteiger partial charge < -0.3 is 20.4 Å². The van der Waals surface area contributed by atoms with Crippen LogP contribution in [0.5, 0.6) is 0 Å². The normalized spacial score (nSPS) is 13.8. The molecule has 0 saturated carbocycles. The van der Waals surface area contributed by atoms with Crippen LogP contribution in [0.3, 0.4) is 0 Å². The highest BCUT2D eigenvalue weighted by Gasteiger charge is 2.25. The minimum absolute atomic E-state index is 0.0381. The van der Waals surface area contributed by atoms with Gasteiger partial charge in [-0.1, -0.05) is 49.2 Å². The van der Waals surface area contributed by atoms with Crippen molar-refractivity contribution in [2.24, 2.45) is 5.92 Å². The Bertz CT molecular complexity index is 986. The molecule has 1 aliphatic heterocycles. The maximum absolute atomic E-state index is 12.8. The Morgan fingerprint density at radius 1 is 1.06 bits per heavy atom. The molecule has 8 heteroatoms. The summed E-state index contributed by atoms with van der Waals surface area (Å²) in [5, 5.41) is 6.66. The molecule has 0 atom stereocenters. The fourth-order valence-electron chi connectivity index (χ4n) is 3.65. The molecular weight excluding hydrogens is 444 g/mol. The number of halogens is 1. The molecule has 6 nitrogen and oxygen atoms in total. The van der Waals surface area contributed by atoms with Crippen molar-refractivity contribution in [2.75, 3.05) is 36.4 Å². The van der Waals surface area contributed by atoms with Gasteiger partial charge in [0.1, 0.15) is 0 Å². The summed E-state index contributed by atoms with van der Waals surface area (Å²) in [6, 6.07) is 13.2. The van der Waals surface area contributed by atoms with Gasteiger partial charge in [-0.15, -0.1) is 0 Å². The fourth-order valence-corrected chi connectivity index (χ4v) is 4.17. The minimum atomic E-state index is -0.121. The van der Waals surface area contributed by atoms with E-state index in [9.17, 15) is 9.59 Å². The molecule has 0 unspecified atom stereocenters. The number of amides is 2. The van der Waals surface area contributed by atoms with Crippen molar-refractivity contribution in [3.05, 3.63) is 58.6 Å². The predicted molar refractivity (Wildman–Crippen MR) is 135 cm³/mol. The number of thiocarbonyl (C=S) groups is 1. The number of rotatable bonds is 5. The van der Waals surface area contributed by atoms with Crippen molar-refractivity contribution in [3.8, 4) is 0 Å². The van der Waals surface area contributed by atoms with Gasteiger partial charge in [0.2, 0.25) is 5.91 Å². The van der Waals surface area contributed by atoms with Crippen molar-refractivity contribution in [3.63, 3.8) is 0 Å². The molecule has 2 N–H and O–H groups in total. The monoisotopic (exact) mass is 472 g/mol. The minimum Gasteiger partial charge on any atom is -0.365 e.